The molecule has 5 aliphatic rings. The molecule has 9 atom stereocenters. The summed E-state index contributed by atoms with van der Waals surface area (Å²) in [5, 5.41) is 19.8. The topological polar surface area (TPSA) is 74.6 Å². The maximum absolute atomic E-state index is 14.4. The number of carbonyl (C=O) groups excluding carboxylic acids is 1. The highest BCUT2D eigenvalue weighted by molar-refractivity contribution is 5.88. The van der Waals surface area contributed by atoms with E-state index in [1.807, 2.05) is 12.1 Å². The number of rotatable bonds is 8. The normalized spacial score (nSPS) is 40.7. The molecule has 0 spiro atoms. The predicted octanol–water partition coefficient (Wildman–Crippen LogP) is 9.85. The van der Waals surface area contributed by atoms with E-state index in [0.29, 0.717) is 53.9 Å². The van der Waals surface area contributed by atoms with Crippen molar-refractivity contribution >= 4 is 17.3 Å². The molecule has 258 valence electrons. The van der Waals surface area contributed by atoms with Gasteiger partial charge in [0.2, 0.25) is 0 Å². The van der Waals surface area contributed by atoms with Crippen LogP contribution < -0.4 is 0 Å². The van der Waals surface area contributed by atoms with Crippen LogP contribution in [0.5, 0.6) is 0 Å². The molecule has 4 saturated carbocycles. The number of benzene rings is 1. The van der Waals surface area contributed by atoms with E-state index < -0.39 is 5.97 Å². The van der Waals surface area contributed by atoms with Crippen molar-refractivity contribution in [3.8, 4) is 0 Å². The zero-order chi connectivity index (χ0) is 34.4. The molecule has 0 heterocycles. The highest BCUT2D eigenvalue weighted by atomic mass is 16.5. The number of hydroxylamine groups is 3. The first-order chi connectivity index (χ1) is 21.8. The van der Waals surface area contributed by atoms with E-state index in [9.17, 15) is 19.9 Å². The Morgan fingerprint density at radius 3 is 2.19 bits per heavy atom. The molecule has 2 N–H and O–H groups in total. The highest BCUT2D eigenvalue weighted by Crippen LogP contribution is 2.78. The lowest BCUT2D eigenvalue weighted by Gasteiger charge is -2.72. The zero-order valence-electron chi connectivity index (χ0n) is 30.6. The van der Waals surface area contributed by atoms with Crippen LogP contribution in [0.15, 0.2) is 42.5 Å². The van der Waals surface area contributed by atoms with Crippen LogP contribution in [0.3, 0.4) is 0 Å². The Kier molecular flexibility index (Phi) is 8.40. The molecular formula is C42H62NO4+. The second-order valence-corrected chi connectivity index (χ2v) is 18.6. The molecule has 6 rings (SSSR count). The van der Waals surface area contributed by atoms with E-state index in [2.05, 4.69) is 54.2 Å². The standard InChI is InChI=1S/C42H61NO4/c1-27(2)30-18-23-42(35(44)11-10-26-43(8,9)47)25-24-40(6)32(36(30)42)16-17-34-39(5)21-19-31(28-12-14-29(15-13-28)37(45)46)38(3,4)33(39)20-22-41(34,40)7/h12-15,19,30,32-34,36,47H,1,10-11,16-18,20-26H2,2-9H3/p+1/t30-,32+,33-,34+,36+,39-,40+,41+,42+/m0/s1. The summed E-state index contributed by atoms with van der Waals surface area (Å²) in [6, 6.07) is 7.53. The third-order valence-electron chi connectivity index (χ3n) is 15.8. The molecule has 0 aromatic heterocycles. The van der Waals surface area contributed by atoms with E-state index in [1.165, 1.54) is 36.8 Å². The fourth-order valence-corrected chi connectivity index (χ4v) is 13.4. The summed E-state index contributed by atoms with van der Waals surface area (Å²) in [6.07, 6.45) is 14.0. The Morgan fingerprint density at radius 2 is 1.57 bits per heavy atom. The molecule has 0 aliphatic heterocycles. The van der Waals surface area contributed by atoms with E-state index in [-0.39, 0.29) is 31.7 Å². The van der Waals surface area contributed by atoms with Crippen molar-refractivity contribution in [2.24, 2.45) is 56.7 Å². The van der Waals surface area contributed by atoms with Gasteiger partial charge < -0.3 is 5.11 Å². The van der Waals surface area contributed by atoms with Crippen LogP contribution in [0, 0.1) is 56.7 Å². The van der Waals surface area contributed by atoms with Crippen molar-refractivity contribution in [1.82, 2.24) is 0 Å². The van der Waals surface area contributed by atoms with Crippen molar-refractivity contribution < 1.29 is 24.5 Å². The third kappa shape index (κ3) is 5.15. The van der Waals surface area contributed by atoms with Crippen LogP contribution in [-0.2, 0) is 4.79 Å². The first-order valence-corrected chi connectivity index (χ1v) is 18.6. The highest BCUT2D eigenvalue weighted by Gasteiger charge is 2.71. The molecule has 0 unspecified atom stereocenters. The number of fused-ring (bicyclic) bond motifs is 7. The lowest BCUT2D eigenvalue weighted by atomic mass is 9.32. The molecule has 0 bridgehead atoms. The number of hydrogen-bond acceptors (Lipinski definition) is 3. The molecule has 0 saturated heterocycles. The molecule has 0 amide bonds. The molecule has 1 aromatic carbocycles. The van der Waals surface area contributed by atoms with Gasteiger partial charge in [-0.1, -0.05) is 65.0 Å². The number of aromatic carboxylic acids is 1. The van der Waals surface area contributed by atoms with Crippen LogP contribution in [-0.4, -0.2) is 47.4 Å². The second kappa shape index (κ2) is 11.4. The van der Waals surface area contributed by atoms with Gasteiger partial charge in [0.05, 0.1) is 19.7 Å². The van der Waals surface area contributed by atoms with Crippen molar-refractivity contribution in [1.29, 1.82) is 0 Å². The number of hydrogen-bond donors (Lipinski definition) is 2. The fraction of sp³-hybridized carbons (Fsp3) is 0.714. The summed E-state index contributed by atoms with van der Waals surface area (Å²) >= 11 is 0. The van der Waals surface area contributed by atoms with Crippen LogP contribution in [0.4, 0.5) is 0 Å². The molecular weight excluding hydrogens is 582 g/mol. The Bertz CT molecular complexity index is 1470. The fourth-order valence-electron chi connectivity index (χ4n) is 13.4. The minimum Gasteiger partial charge on any atom is -0.478 e. The number of Topliss-reactive ketones (excluding diaryl/α,β-unsaturated/α-hetero) is 1. The van der Waals surface area contributed by atoms with E-state index in [1.54, 1.807) is 26.2 Å². The number of allylic oxidation sites excluding steroid dienone is 3. The van der Waals surface area contributed by atoms with Crippen molar-refractivity contribution in [3.63, 3.8) is 0 Å². The van der Waals surface area contributed by atoms with E-state index >= 15 is 0 Å². The zero-order valence-corrected chi connectivity index (χ0v) is 30.6. The Balaban J connectivity index is 1.32. The van der Waals surface area contributed by atoms with Gasteiger partial charge in [0, 0.05) is 18.3 Å². The Labute approximate surface area is 284 Å². The molecule has 1 aromatic rings. The minimum absolute atomic E-state index is 0.0106. The van der Waals surface area contributed by atoms with Crippen LogP contribution in [0.1, 0.15) is 128 Å². The summed E-state index contributed by atoms with van der Waals surface area (Å²) in [7, 11) is 3.59. The van der Waals surface area contributed by atoms with Crippen molar-refractivity contribution in [2.45, 2.75) is 112 Å². The maximum atomic E-state index is 14.4. The van der Waals surface area contributed by atoms with Crippen molar-refractivity contribution in [3.05, 3.63) is 53.6 Å². The average molecular weight is 645 g/mol. The van der Waals surface area contributed by atoms with E-state index in [4.69, 9.17) is 0 Å². The third-order valence-corrected chi connectivity index (χ3v) is 15.8. The van der Waals surface area contributed by atoms with Crippen LogP contribution >= 0.6 is 0 Å². The second-order valence-electron chi connectivity index (χ2n) is 18.6. The molecule has 5 nitrogen and oxygen atoms in total. The number of ketones is 1. The van der Waals surface area contributed by atoms with Gasteiger partial charge in [-0.2, -0.15) is 4.65 Å². The van der Waals surface area contributed by atoms with E-state index in [0.717, 1.165) is 44.1 Å². The molecule has 5 heteroatoms. The van der Waals surface area contributed by atoms with Gasteiger partial charge in [-0.25, -0.2) is 10.0 Å². The molecule has 0 radical (unpaired) electrons. The van der Waals surface area contributed by atoms with Crippen molar-refractivity contribution in [2.75, 3.05) is 20.6 Å². The smallest absolute Gasteiger partial charge is 0.335 e. The van der Waals surface area contributed by atoms with Gasteiger partial charge in [-0.3, -0.25) is 4.79 Å². The largest absolute Gasteiger partial charge is 0.478 e. The Hall–Kier alpha value is -2.24. The van der Waals surface area contributed by atoms with Gasteiger partial charge in [-0.05, 0) is 139 Å². The summed E-state index contributed by atoms with van der Waals surface area (Å²) in [4.78, 5) is 25.9. The number of nitrogens with zero attached hydrogens (tertiary/aromatic N) is 1. The Morgan fingerprint density at radius 1 is 0.894 bits per heavy atom. The number of carbonyl (C=O) groups is 2. The van der Waals surface area contributed by atoms with Crippen LogP contribution in [0.2, 0.25) is 0 Å². The minimum atomic E-state index is -0.877. The molecule has 47 heavy (non-hydrogen) atoms. The van der Waals surface area contributed by atoms with Gasteiger partial charge in [0.15, 0.2) is 0 Å². The van der Waals surface area contributed by atoms with Gasteiger partial charge in [0.1, 0.15) is 12.3 Å². The number of carboxylic acids is 1. The SMILES string of the molecule is C=C(C)[C@@H]1CC[C@]2(C(=O)CCC[N+](C)(C)O)CC[C@]3(C)[C@H](CC[C@@H]4[C@@]5(C)CC=C(c6ccc(C(=O)O)cc6)C(C)(C)[C@@H]5CC[C@]43C)[C@@H]12. The summed E-state index contributed by atoms with van der Waals surface area (Å²) < 4.78 is -0.0806. The first-order valence-electron chi connectivity index (χ1n) is 18.6. The van der Waals surface area contributed by atoms with Crippen LogP contribution in [0.25, 0.3) is 5.57 Å². The lowest BCUT2D eigenvalue weighted by molar-refractivity contribution is -1.07. The number of quaternary nitrogens is 1. The summed E-state index contributed by atoms with van der Waals surface area (Å²) in [5.41, 5.74) is 4.49. The van der Waals surface area contributed by atoms with Gasteiger partial charge in [-0.15, -0.1) is 0 Å². The summed E-state index contributed by atoms with van der Waals surface area (Å²) in [6.45, 7) is 20.1. The lowest BCUT2D eigenvalue weighted by Crippen LogP contribution is -2.65. The quantitative estimate of drug-likeness (QED) is 0.168. The molecule has 4 fully saturated rings. The predicted molar refractivity (Wildman–Crippen MR) is 189 cm³/mol. The average Bonchev–Trinajstić information content (AvgIpc) is 3.38. The molecule has 5 aliphatic carbocycles. The van der Waals surface area contributed by atoms with Gasteiger partial charge >= 0.3 is 5.97 Å². The monoisotopic (exact) mass is 644 g/mol. The number of carboxylic acid groups (broad SMARTS) is 1. The first kappa shape index (κ1) is 34.6. The van der Waals surface area contributed by atoms with Gasteiger partial charge in [0.25, 0.3) is 0 Å². The maximum Gasteiger partial charge on any atom is 0.335 e. The summed E-state index contributed by atoms with van der Waals surface area (Å²) in [5.74, 6) is 2.11.